The molecular formula is C11H10N2O3. The minimum Gasteiger partial charge on any atom is -0.476 e. The van der Waals surface area contributed by atoms with Gasteiger partial charge in [-0.1, -0.05) is 0 Å². The van der Waals surface area contributed by atoms with E-state index < -0.39 is 5.97 Å². The third-order valence-electron chi connectivity index (χ3n) is 2.67. The summed E-state index contributed by atoms with van der Waals surface area (Å²) >= 11 is 0. The van der Waals surface area contributed by atoms with Crippen molar-refractivity contribution in [2.45, 2.75) is 18.8 Å². The molecule has 3 rings (SSSR count). The molecule has 0 saturated heterocycles. The van der Waals surface area contributed by atoms with Gasteiger partial charge in [0.05, 0.1) is 12.0 Å². The summed E-state index contributed by atoms with van der Waals surface area (Å²) in [6.07, 6.45) is 3.59. The third kappa shape index (κ3) is 1.41. The third-order valence-corrected chi connectivity index (χ3v) is 2.67. The first-order valence-electron chi connectivity index (χ1n) is 5.13. The minimum atomic E-state index is -0.990. The van der Waals surface area contributed by atoms with Crippen molar-refractivity contribution >= 4 is 5.97 Å². The van der Waals surface area contributed by atoms with Crippen LogP contribution in [-0.2, 0) is 0 Å². The van der Waals surface area contributed by atoms with Crippen molar-refractivity contribution in [1.29, 1.82) is 0 Å². The average molecular weight is 218 g/mol. The van der Waals surface area contributed by atoms with E-state index in [1.807, 2.05) is 0 Å². The van der Waals surface area contributed by atoms with Gasteiger partial charge in [0.1, 0.15) is 0 Å². The monoisotopic (exact) mass is 218 g/mol. The molecule has 2 aromatic rings. The van der Waals surface area contributed by atoms with Gasteiger partial charge in [-0.05, 0) is 25.0 Å². The lowest BCUT2D eigenvalue weighted by molar-refractivity contribution is 0.0690. The van der Waals surface area contributed by atoms with Gasteiger partial charge in [0.25, 0.3) is 0 Å². The van der Waals surface area contributed by atoms with E-state index >= 15 is 0 Å². The van der Waals surface area contributed by atoms with E-state index in [0.717, 1.165) is 18.5 Å². The molecule has 0 amide bonds. The summed E-state index contributed by atoms with van der Waals surface area (Å²) in [5.41, 5.74) is 0.841. The lowest BCUT2D eigenvalue weighted by Crippen LogP contribution is -2.00. The quantitative estimate of drug-likeness (QED) is 0.828. The Labute approximate surface area is 91.1 Å². The van der Waals surface area contributed by atoms with Gasteiger partial charge in [-0.3, -0.25) is 0 Å². The lowest BCUT2D eigenvalue weighted by atomic mass is 10.2. The molecule has 0 spiro atoms. The Kier molecular flexibility index (Phi) is 1.86. The van der Waals surface area contributed by atoms with E-state index in [9.17, 15) is 4.79 Å². The molecule has 0 radical (unpaired) electrons. The first-order valence-corrected chi connectivity index (χ1v) is 5.13. The number of rotatable bonds is 3. The van der Waals surface area contributed by atoms with E-state index in [-0.39, 0.29) is 5.69 Å². The summed E-state index contributed by atoms with van der Waals surface area (Å²) in [6, 6.07) is 3.50. The van der Waals surface area contributed by atoms with Crippen LogP contribution in [0.1, 0.15) is 34.9 Å². The van der Waals surface area contributed by atoms with Crippen LogP contribution in [0, 0.1) is 0 Å². The highest BCUT2D eigenvalue weighted by Crippen LogP contribution is 2.41. The Morgan fingerprint density at radius 1 is 1.56 bits per heavy atom. The second-order valence-corrected chi connectivity index (χ2v) is 3.90. The van der Waals surface area contributed by atoms with Gasteiger partial charge in [-0.2, -0.15) is 0 Å². The van der Waals surface area contributed by atoms with Crippen molar-refractivity contribution in [3.05, 3.63) is 29.8 Å². The van der Waals surface area contributed by atoms with Crippen molar-refractivity contribution in [2.24, 2.45) is 0 Å². The zero-order valence-corrected chi connectivity index (χ0v) is 8.43. The van der Waals surface area contributed by atoms with E-state index in [2.05, 4.69) is 9.97 Å². The van der Waals surface area contributed by atoms with Crippen molar-refractivity contribution in [2.75, 3.05) is 0 Å². The van der Waals surface area contributed by atoms with E-state index in [1.165, 1.54) is 6.26 Å². The molecule has 1 aliphatic carbocycles. The fraction of sp³-hybridized carbons (Fsp3) is 0.273. The van der Waals surface area contributed by atoms with Crippen LogP contribution in [0.3, 0.4) is 0 Å². The number of imidazole rings is 1. The second kappa shape index (κ2) is 3.23. The van der Waals surface area contributed by atoms with E-state index in [0.29, 0.717) is 17.5 Å². The van der Waals surface area contributed by atoms with Gasteiger partial charge in [0.15, 0.2) is 17.3 Å². The maximum atomic E-state index is 11.0. The number of hydrogen-bond donors (Lipinski definition) is 2. The lowest BCUT2D eigenvalue weighted by Gasteiger charge is -1.92. The zero-order valence-electron chi connectivity index (χ0n) is 8.43. The Hall–Kier alpha value is -2.04. The van der Waals surface area contributed by atoms with Crippen LogP contribution in [0.2, 0.25) is 0 Å². The molecule has 0 bridgehead atoms. The zero-order chi connectivity index (χ0) is 11.1. The molecule has 16 heavy (non-hydrogen) atoms. The molecule has 2 aromatic heterocycles. The summed E-state index contributed by atoms with van der Waals surface area (Å²) in [7, 11) is 0. The number of aromatic nitrogens is 2. The van der Waals surface area contributed by atoms with E-state index in [1.54, 1.807) is 12.1 Å². The Morgan fingerprint density at radius 2 is 2.38 bits per heavy atom. The first-order chi connectivity index (χ1) is 7.75. The molecule has 2 heterocycles. The SMILES string of the molecule is O=C(O)c1nc(-c2ccco2)[nH]c1C1CC1. The topological polar surface area (TPSA) is 79.1 Å². The summed E-state index contributed by atoms with van der Waals surface area (Å²) in [6.45, 7) is 0. The molecule has 1 aliphatic rings. The fourth-order valence-electron chi connectivity index (χ4n) is 1.75. The number of carboxylic acid groups (broad SMARTS) is 1. The molecule has 0 aromatic carbocycles. The van der Waals surface area contributed by atoms with Gasteiger partial charge in [0.2, 0.25) is 0 Å². The van der Waals surface area contributed by atoms with Crippen LogP contribution in [0.4, 0.5) is 0 Å². The normalized spacial score (nSPS) is 15.2. The highest BCUT2D eigenvalue weighted by Gasteiger charge is 2.31. The molecule has 2 N–H and O–H groups in total. The maximum Gasteiger partial charge on any atom is 0.356 e. The largest absolute Gasteiger partial charge is 0.476 e. The van der Waals surface area contributed by atoms with Crippen molar-refractivity contribution in [3.8, 4) is 11.6 Å². The Balaban J connectivity index is 2.08. The molecular weight excluding hydrogens is 208 g/mol. The number of nitrogens with one attached hydrogen (secondary N) is 1. The molecule has 1 fully saturated rings. The Morgan fingerprint density at radius 3 is 2.94 bits per heavy atom. The van der Waals surface area contributed by atoms with Crippen molar-refractivity contribution < 1.29 is 14.3 Å². The summed E-state index contributed by atoms with van der Waals surface area (Å²) in [4.78, 5) is 18.1. The number of nitrogens with zero attached hydrogens (tertiary/aromatic N) is 1. The molecule has 0 atom stereocenters. The summed E-state index contributed by atoms with van der Waals surface area (Å²) < 4.78 is 5.18. The molecule has 1 saturated carbocycles. The summed E-state index contributed by atoms with van der Waals surface area (Å²) in [5.74, 6) is 0.386. The van der Waals surface area contributed by atoms with Gasteiger partial charge >= 0.3 is 5.97 Å². The van der Waals surface area contributed by atoms with Crippen LogP contribution in [0.5, 0.6) is 0 Å². The molecule has 0 unspecified atom stereocenters. The predicted octanol–water partition coefficient (Wildman–Crippen LogP) is 2.25. The number of furan rings is 1. The van der Waals surface area contributed by atoms with Crippen LogP contribution in [0.25, 0.3) is 11.6 Å². The Bertz CT molecular complexity index is 523. The van der Waals surface area contributed by atoms with Gasteiger partial charge in [-0.25, -0.2) is 9.78 Å². The highest BCUT2D eigenvalue weighted by molar-refractivity contribution is 5.88. The number of H-pyrrole nitrogens is 1. The van der Waals surface area contributed by atoms with Gasteiger partial charge in [0, 0.05) is 5.92 Å². The van der Waals surface area contributed by atoms with E-state index in [4.69, 9.17) is 9.52 Å². The number of aromatic amines is 1. The van der Waals surface area contributed by atoms with Crippen LogP contribution in [-0.4, -0.2) is 21.0 Å². The molecule has 0 aliphatic heterocycles. The highest BCUT2D eigenvalue weighted by atomic mass is 16.4. The molecule has 82 valence electrons. The average Bonchev–Trinajstić information content (AvgIpc) is 2.83. The smallest absolute Gasteiger partial charge is 0.356 e. The fourth-order valence-corrected chi connectivity index (χ4v) is 1.75. The number of carboxylic acids is 1. The number of aromatic carboxylic acids is 1. The maximum absolute atomic E-state index is 11.0. The number of hydrogen-bond acceptors (Lipinski definition) is 3. The molecule has 5 heteroatoms. The predicted molar refractivity (Wildman–Crippen MR) is 55.2 cm³/mol. The minimum absolute atomic E-state index is 0.119. The number of carbonyl (C=O) groups is 1. The second-order valence-electron chi connectivity index (χ2n) is 3.90. The van der Waals surface area contributed by atoms with Crippen LogP contribution < -0.4 is 0 Å². The van der Waals surface area contributed by atoms with Crippen molar-refractivity contribution in [1.82, 2.24) is 9.97 Å². The van der Waals surface area contributed by atoms with Crippen molar-refractivity contribution in [3.63, 3.8) is 0 Å². The summed E-state index contributed by atoms with van der Waals surface area (Å²) in [5, 5.41) is 9.04. The standard InChI is InChI=1S/C11H10N2O3/c14-11(15)9-8(6-3-4-6)12-10(13-9)7-2-1-5-16-7/h1-2,5-6H,3-4H2,(H,12,13)(H,14,15). The first kappa shape index (κ1) is 9.21. The van der Waals surface area contributed by atoms with Gasteiger partial charge in [-0.15, -0.1) is 0 Å². The van der Waals surface area contributed by atoms with Crippen LogP contribution in [0.15, 0.2) is 22.8 Å². The van der Waals surface area contributed by atoms with Gasteiger partial charge < -0.3 is 14.5 Å². The molecule has 5 nitrogen and oxygen atoms in total. The van der Waals surface area contributed by atoms with Crippen LogP contribution >= 0.6 is 0 Å².